The number of H-pyrrole nitrogens is 1. The van der Waals surface area contributed by atoms with Crippen LogP contribution in [0.5, 0.6) is 0 Å². The summed E-state index contributed by atoms with van der Waals surface area (Å²) >= 11 is 0. The number of amides is 2. The van der Waals surface area contributed by atoms with Crippen LogP contribution in [0.3, 0.4) is 0 Å². The van der Waals surface area contributed by atoms with Gasteiger partial charge in [-0.05, 0) is 65.6 Å². The summed E-state index contributed by atoms with van der Waals surface area (Å²) in [5, 5.41) is 13.5. The molecule has 0 radical (unpaired) electrons. The molecule has 2 unspecified atom stereocenters. The zero-order valence-electron chi connectivity index (χ0n) is 31.3. The number of fused-ring (bicyclic) bond motifs is 3. The Kier molecular flexibility index (Phi) is 12.5. The van der Waals surface area contributed by atoms with Crippen molar-refractivity contribution < 1.29 is 27.2 Å². The molecule has 0 saturated heterocycles. The van der Waals surface area contributed by atoms with Crippen LogP contribution in [0.15, 0.2) is 91.5 Å². The zero-order chi connectivity index (χ0) is 39.2. The number of carbonyl (C=O) groups excluding carboxylic acids is 2. The fraction of sp³-hybridized carbons (Fsp3) is 0.405. The van der Waals surface area contributed by atoms with Crippen molar-refractivity contribution in [2.45, 2.75) is 96.6 Å². The molecule has 2 aromatic heterocycles. The molecule has 4 aromatic rings. The van der Waals surface area contributed by atoms with Crippen LogP contribution in [-0.2, 0) is 41.6 Å². The molecule has 0 spiro atoms. The van der Waals surface area contributed by atoms with Gasteiger partial charge in [-0.3, -0.25) is 14.6 Å². The molecule has 1 aliphatic carbocycles. The van der Waals surface area contributed by atoms with Crippen molar-refractivity contribution in [2.75, 3.05) is 0 Å². The maximum Gasteiger partial charge on any atom is 0.418 e. The summed E-state index contributed by atoms with van der Waals surface area (Å²) in [7, 11) is 0. The van der Waals surface area contributed by atoms with Crippen LogP contribution in [0.4, 0.5) is 17.6 Å². The smallest absolute Gasteiger partial charge is 0.383 e. The van der Waals surface area contributed by atoms with E-state index < -0.39 is 41.1 Å². The minimum atomic E-state index is -4.58. The zero-order valence-corrected chi connectivity index (χ0v) is 31.3. The second-order valence-electron chi connectivity index (χ2n) is 14.5. The van der Waals surface area contributed by atoms with E-state index in [4.69, 9.17) is 0 Å². The van der Waals surface area contributed by atoms with Gasteiger partial charge in [-0.25, -0.2) is 4.39 Å². The van der Waals surface area contributed by atoms with Crippen molar-refractivity contribution in [1.29, 1.82) is 0 Å². The van der Waals surface area contributed by atoms with E-state index >= 15 is 0 Å². The Morgan fingerprint density at radius 1 is 0.926 bits per heavy atom. The SMILES string of the molecule is C=C(N[C@]1(C(=O)N[C@H](C(=C)NCc2ccncc2)C(C)CC)CCc2[nH]c3c(C(F)(F)F)cccc3c2C1)[C@@H](NC(=O)Cc1ccccc1F)C(C)CC. The van der Waals surface area contributed by atoms with Crippen molar-refractivity contribution >= 4 is 22.7 Å². The number of halogens is 4. The molecule has 0 saturated carbocycles. The Morgan fingerprint density at radius 3 is 2.24 bits per heavy atom. The second-order valence-corrected chi connectivity index (χ2v) is 14.5. The van der Waals surface area contributed by atoms with E-state index in [0.29, 0.717) is 41.0 Å². The lowest BCUT2D eigenvalue weighted by atomic mass is 9.77. The van der Waals surface area contributed by atoms with Crippen molar-refractivity contribution in [3.63, 3.8) is 0 Å². The predicted molar refractivity (Wildman–Crippen MR) is 203 cm³/mol. The van der Waals surface area contributed by atoms with Crippen LogP contribution in [0, 0.1) is 17.7 Å². The third kappa shape index (κ3) is 8.97. The van der Waals surface area contributed by atoms with Crippen molar-refractivity contribution in [1.82, 2.24) is 31.2 Å². The second kappa shape index (κ2) is 16.9. The number of nitrogens with zero attached hydrogens (tertiary/aromatic N) is 1. The number of aryl methyl sites for hydroxylation is 1. The van der Waals surface area contributed by atoms with Crippen LogP contribution in [0.2, 0.25) is 0 Å². The summed E-state index contributed by atoms with van der Waals surface area (Å²) in [6.45, 7) is 17.0. The molecule has 1 aliphatic rings. The van der Waals surface area contributed by atoms with Gasteiger partial charge in [0.1, 0.15) is 11.4 Å². The number of aromatic nitrogens is 2. The first-order valence-electron chi connectivity index (χ1n) is 18.5. The highest BCUT2D eigenvalue weighted by Gasteiger charge is 2.46. The minimum absolute atomic E-state index is 0.0194. The molecule has 8 nitrogen and oxygen atoms in total. The van der Waals surface area contributed by atoms with Crippen molar-refractivity contribution in [2.24, 2.45) is 11.8 Å². The van der Waals surface area contributed by atoms with E-state index in [0.717, 1.165) is 18.1 Å². The Labute approximate surface area is 314 Å². The third-order valence-electron chi connectivity index (χ3n) is 10.8. The summed E-state index contributed by atoms with van der Waals surface area (Å²) in [5.74, 6) is -1.44. The van der Waals surface area contributed by atoms with Crippen LogP contribution in [-0.4, -0.2) is 39.4 Å². The maximum atomic E-state index is 14.9. The number of carbonyl (C=O) groups is 2. The first-order chi connectivity index (χ1) is 25.7. The van der Waals surface area contributed by atoms with Gasteiger partial charge in [0.2, 0.25) is 11.8 Å². The third-order valence-corrected chi connectivity index (χ3v) is 10.8. The van der Waals surface area contributed by atoms with Gasteiger partial charge in [-0.1, -0.05) is 84.0 Å². The molecule has 12 heteroatoms. The highest BCUT2D eigenvalue weighted by atomic mass is 19.4. The van der Waals surface area contributed by atoms with Crippen LogP contribution in [0.1, 0.15) is 74.9 Å². The fourth-order valence-corrected chi connectivity index (χ4v) is 7.21. The molecule has 5 atom stereocenters. The topological polar surface area (TPSA) is 111 Å². The van der Waals surface area contributed by atoms with E-state index in [1.54, 1.807) is 36.7 Å². The first kappa shape index (κ1) is 40.1. The van der Waals surface area contributed by atoms with Gasteiger partial charge in [-0.2, -0.15) is 13.2 Å². The van der Waals surface area contributed by atoms with E-state index in [9.17, 15) is 27.2 Å². The van der Waals surface area contributed by atoms with E-state index in [-0.39, 0.29) is 54.5 Å². The molecule has 0 fully saturated rings. The van der Waals surface area contributed by atoms with Gasteiger partial charge in [-0.15, -0.1) is 0 Å². The number of hydrogen-bond acceptors (Lipinski definition) is 5. The number of para-hydroxylation sites is 1. The fourth-order valence-electron chi connectivity index (χ4n) is 7.21. The molecule has 0 bridgehead atoms. The molecule has 288 valence electrons. The maximum absolute atomic E-state index is 14.9. The molecular weight excluding hydrogens is 696 g/mol. The van der Waals surface area contributed by atoms with E-state index in [2.05, 4.69) is 44.4 Å². The highest BCUT2D eigenvalue weighted by Crippen LogP contribution is 2.40. The van der Waals surface area contributed by atoms with Crippen LogP contribution >= 0.6 is 0 Å². The normalized spacial score (nSPS) is 17.8. The molecule has 54 heavy (non-hydrogen) atoms. The predicted octanol–water partition coefficient (Wildman–Crippen LogP) is 7.66. The standard InChI is InChI=1S/C42H50F4N6O2/c1-7-25(3)37(27(5)48-24-29-17-20-47-21-18-29)51-40(54)41(19-16-35-32(23-41)31-13-11-14-33(39(31)49-35)42(44,45)46)52-28(6)38(26(4)8-2)50-36(53)22-30-12-9-10-15-34(30)43/h9-15,17-18,20-21,25-26,37-38,48-49,52H,5-8,16,19,22-24H2,1-4H3,(H,50,53)(H,51,54)/t25?,26?,37-,38-,41+/m0/s1. The summed E-state index contributed by atoms with van der Waals surface area (Å²) in [6, 6.07) is 12.8. The molecule has 2 heterocycles. The summed E-state index contributed by atoms with van der Waals surface area (Å²) in [6.07, 6.45) is 0.554. The number of benzene rings is 2. The van der Waals surface area contributed by atoms with E-state index in [1.807, 2.05) is 39.8 Å². The Morgan fingerprint density at radius 2 is 1.59 bits per heavy atom. The van der Waals surface area contributed by atoms with Gasteiger partial charge < -0.3 is 26.3 Å². The largest absolute Gasteiger partial charge is 0.418 e. The lowest BCUT2D eigenvalue weighted by molar-refractivity contribution is -0.136. The number of hydrogen-bond donors (Lipinski definition) is 5. The van der Waals surface area contributed by atoms with Gasteiger partial charge in [0.05, 0.1) is 29.6 Å². The number of nitrogens with one attached hydrogen (secondary N) is 5. The van der Waals surface area contributed by atoms with Crippen LogP contribution in [0.25, 0.3) is 10.9 Å². The van der Waals surface area contributed by atoms with Gasteiger partial charge in [0, 0.05) is 47.8 Å². The number of aromatic amines is 1. The Hall–Kier alpha value is -5.13. The molecule has 2 aromatic carbocycles. The highest BCUT2D eigenvalue weighted by molar-refractivity contribution is 5.92. The van der Waals surface area contributed by atoms with Crippen molar-refractivity contribution in [3.05, 3.63) is 125 Å². The summed E-state index contributed by atoms with van der Waals surface area (Å²) in [4.78, 5) is 35.3. The lowest BCUT2D eigenvalue weighted by Crippen LogP contribution is -2.63. The van der Waals surface area contributed by atoms with Gasteiger partial charge in [0.15, 0.2) is 0 Å². The van der Waals surface area contributed by atoms with Crippen LogP contribution < -0.4 is 21.3 Å². The first-order valence-corrected chi connectivity index (χ1v) is 18.5. The van der Waals surface area contributed by atoms with Gasteiger partial charge >= 0.3 is 6.18 Å². The molecule has 5 rings (SSSR count). The quantitative estimate of drug-likeness (QED) is 0.0757. The lowest BCUT2D eigenvalue weighted by Gasteiger charge is -2.42. The Balaban J connectivity index is 1.49. The summed E-state index contributed by atoms with van der Waals surface area (Å²) < 4.78 is 56.8. The van der Waals surface area contributed by atoms with Gasteiger partial charge in [0.25, 0.3) is 0 Å². The minimum Gasteiger partial charge on any atom is -0.383 e. The molecule has 5 N–H and O–H groups in total. The Bertz CT molecular complexity index is 1980. The molecule has 0 aliphatic heterocycles. The number of alkyl halides is 3. The number of rotatable bonds is 16. The van der Waals surface area contributed by atoms with E-state index in [1.165, 1.54) is 12.1 Å². The van der Waals surface area contributed by atoms with Crippen molar-refractivity contribution in [3.8, 4) is 0 Å². The number of pyridine rings is 1. The molecular formula is C42H50F4N6O2. The summed E-state index contributed by atoms with van der Waals surface area (Å²) in [5.41, 5.74) is 1.30. The molecule has 2 amide bonds. The average molecular weight is 747 g/mol. The monoisotopic (exact) mass is 746 g/mol. The average Bonchev–Trinajstić information content (AvgIpc) is 3.52.